The molecule has 2 aromatic heterocycles. The van der Waals surface area contributed by atoms with E-state index >= 15 is 0 Å². The molecule has 2 aromatic carbocycles. The summed E-state index contributed by atoms with van der Waals surface area (Å²) in [5.41, 5.74) is 3.05. The maximum absolute atomic E-state index is 14.7. The van der Waals surface area contributed by atoms with Crippen molar-refractivity contribution in [2.45, 2.75) is 18.1 Å². The average Bonchev–Trinajstić information content (AvgIpc) is 3.48. The molecule has 142 valence electrons. The first-order valence-electron chi connectivity index (χ1n) is 9.17. The van der Waals surface area contributed by atoms with Gasteiger partial charge in [0.1, 0.15) is 11.4 Å². The Kier molecular flexibility index (Phi) is 4.09. The van der Waals surface area contributed by atoms with Crippen LogP contribution in [0.5, 0.6) is 0 Å². The zero-order valence-electron chi connectivity index (χ0n) is 15.3. The molecule has 4 nitrogen and oxygen atoms in total. The van der Waals surface area contributed by atoms with Crippen LogP contribution in [0.15, 0.2) is 71.8 Å². The molecular formula is C23H16FN3OS. The first-order valence-corrected chi connectivity index (χ1v) is 10.1. The van der Waals surface area contributed by atoms with E-state index in [0.717, 1.165) is 16.7 Å². The molecule has 0 saturated carbocycles. The number of hydrogen-bond acceptors (Lipinski definition) is 4. The molecule has 5 rings (SSSR count). The number of aliphatic hydroxyl groups is 1. The van der Waals surface area contributed by atoms with Crippen LogP contribution in [0.4, 0.5) is 4.39 Å². The van der Waals surface area contributed by atoms with Crippen LogP contribution in [0.1, 0.15) is 34.8 Å². The third-order valence-electron chi connectivity index (χ3n) is 5.62. The Hall–Kier alpha value is -3.27. The Morgan fingerprint density at radius 3 is 2.69 bits per heavy atom. The summed E-state index contributed by atoms with van der Waals surface area (Å²) in [4.78, 5) is 4.19. The van der Waals surface area contributed by atoms with Gasteiger partial charge in [0, 0.05) is 12.0 Å². The summed E-state index contributed by atoms with van der Waals surface area (Å²) in [7, 11) is 0. The standard InChI is InChI=1S/C23H16FN3OS/c24-20-9-15(11-25)1-6-19(20)21-10-23(28,22-12-26-14-27(21)22)18-4-2-16(3-5-18)17-7-8-29-13-17/h1-9,12-14,21,28H,10H2. The van der Waals surface area contributed by atoms with E-state index in [-0.39, 0.29) is 5.56 Å². The van der Waals surface area contributed by atoms with Crippen LogP contribution in [0.25, 0.3) is 11.1 Å². The van der Waals surface area contributed by atoms with Crippen molar-refractivity contribution in [1.29, 1.82) is 5.26 Å². The van der Waals surface area contributed by atoms with Crippen molar-refractivity contribution in [2.75, 3.05) is 0 Å². The van der Waals surface area contributed by atoms with Gasteiger partial charge in [0.2, 0.25) is 0 Å². The quantitative estimate of drug-likeness (QED) is 0.534. The second kappa shape index (κ2) is 6.66. The molecule has 0 saturated heterocycles. The largest absolute Gasteiger partial charge is 0.379 e. The summed E-state index contributed by atoms with van der Waals surface area (Å²) in [6.07, 6.45) is 3.55. The lowest BCUT2D eigenvalue weighted by molar-refractivity contribution is 0.0792. The van der Waals surface area contributed by atoms with Crippen molar-refractivity contribution < 1.29 is 9.50 Å². The smallest absolute Gasteiger partial charge is 0.133 e. The zero-order valence-corrected chi connectivity index (χ0v) is 16.1. The Morgan fingerprint density at radius 2 is 2.00 bits per heavy atom. The normalized spacial score (nSPS) is 20.4. The number of fused-ring (bicyclic) bond motifs is 1. The minimum Gasteiger partial charge on any atom is -0.379 e. The number of thiophene rings is 1. The van der Waals surface area contributed by atoms with Gasteiger partial charge in [-0.2, -0.15) is 16.6 Å². The van der Waals surface area contributed by atoms with Gasteiger partial charge in [-0.25, -0.2) is 9.37 Å². The summed E-state index contributed by atoms with van der Waals surface area (Å²) >= 11 is 1.64. The molecule has 2 unspecified atom stereocenters. The number of halogens is 1. The van der Waals surface area contributed by atoms with Gasteiger partial charge in [-0.15, -0.1) is 0 Å². The van der Waals surface area contributed by atoms with Crippen LogP contribution >= 0.6 is 11.3 Å². The van der Waals surface area contributed by atoms with E-state index in [1.165, 1.54) is 6.07 Å². The number of imidazole rings is 1. The third kappa shape index (κ3) is 2.79. The van der Waals surface area contributed by atoms with Gasteiger partial charge in [-0.05, 0) is 45.6 Å². The molecule has 4 aromatic rings. The molecule has 1 aliphatic heterocycles. The van der Waals surface area contributed by atoms with Crippen molar-refractivity contribution in [1.82, 2.24) is 9.55 Å². The van der Waals surface area contributed by atoms with Crippen LogP contribution in [0, 0.1) is 17.1 Å². The minimum atomic E-state index is -1.27. The topological polar surface area (TPSA) is 61.8 Å². The van der Waals surface area contributed by atoms with Crippen LogP contribution in [-0.4, -0.2) is 14.7 Å². The van der Waals surface area contributed by atoms with Gasteiger partial charge in [0.15, 0.2) is 0 Å². The van der Waals surface area contributed by atoms with E-state index < -0.39 is 17.5 Å². The van der Waals surface area contributed by atoms with E-state index in [2.05, 4.69) is 16.4 Å². The number of nitrogens with zero attached hydrogens (tertiary/aromatic N) is 3. The number of rotatable bonds is 3. The SMILES string of the molecule is N#Cc1ccc(C2CC(O)(c3ccc(-c4ccsc4)cc3)c3cncn32)c(F)c1. The maximum Gasteiger partial charge on any atom is 0.133 e. The van der Waals surface area contributed by atoms with Crippen molar-refractivity contribution in [2.24, 2.45) is 0 Å². The van der Waals surface area contributed by atoms with Crippen molar-refractivity contribution in [3.05, 3.63) is 100 Å². The molecule has 3 heterocycles. The van der Waals surface area contributed by atoms with Crippen LogP contribution in [0.2, 0.25) is 0 Å². The molecule has 1 aliphatic rings. The van der Waals surface area contributed by atoms with Gasteiger partial charge >= 0.3 is 0 Å². The fourth-order valence-electron chi connectivity index (χ4n) is 4.12. The molecule has 0 aliphatic carbocycles. The van der Waals surface area contributed by atoms with Gasteiger partial charge in [0.25, 0.3) is 0 Å². The molecule has 0 fully saturated rings. The summed E-state index contributed by atoms with van der Waals surface area (Å²) in [6.45, 7) is 0. The third-order valence-corrected chi connectivity index (χ3v) is 6.30. The highest BCUT2D eigenvalue weighted by atomic mass is 32.1. The van der Waals surface area contributed by atoms with E-state index in [0.29, 0.717) is 17.7 Å². The monoisotopic (exact) mass is 401 g/mol. The molecule has 29 heavy (non-hydrogen) atoms. The van der Waals surface area contributed by atoms with Crippen molar-refractivity contribution in [3.8, 4) is 17.2 Å². The molecule has 1 N–H and O–H groups in total. The fraction of sp³-hybridized carbons (Fsp3) is 0.130. The summed E-state index contributed by atoms with van der Waals surface area (Å²) < 4.78 is 16.5. The predicted octanol–water partition coefficient (Wildman–Crippen LogP) is 4.85. The number of aromatic nitrogens is 2. The Bertz CT molecular complexity index is 1220. The highest BCUT2D eigenvalue weighted by Gasteiger charge is 2.45. The van der Waals surface area contributed by atoms with Crippen molar-refractivity contribution >= 4 is 11.3 Å². The van der Waals surface area contributed by atoms with E-state index in [1.54, 1.807) is 36.0 Å². The molecule has 0 amide bonds. The number of nitriles is 1. The minimum absolute atomic E-state index is 0.273. The second-order valence-corrected chi connectivity index (χ2v) is 7.98. The molecule has 0 bridgehead atoms. The van der Waals surface area contributed by atoms with Gasteiger partial charge in [0.05, 0.1) is 35.9 Å². The maximum atomic E-state index is 14.7. The Balaban J connectivity index is 1.54. The Morgan fingerprint density at radius 1 is 1.17 bits per heavy atom. The molecule has 2 atom stereocenters. The molecule has 6 heteroatoms. The summed E-state index contributed by atoms with van der Waals surface area (Å²) in [6, 6.07) is 15.9. The second-order valence-electron chi connectivity index (χ2n) is 7.20. The van der Waals surface area contributed by atoms with E-state index in [4.69, 9.17) is 5.26 Å². The van der Waals surface area contributed by atoms with Crippen molar-refractivity contribution in [3.63, 3.8) is 0 Å². The average molecular weight is 401 g/mol. The summed E-state index contributed by atoms with van der Waals surface area (Å²) in [5, 5.41) is 24.7. The highest BCUT2D eigenvalue weighted by molar-refractivity contribution is 7.08. The fourth-order valence-corrected chi connectivity index (χ4v) is 4.78. The lowest BCUT2D eigenvalue weighted by Gasteiger charge is -2.23. The molecule has 0 spiro atoms. The first kappa shape index (κ1) is 17.8. The van der Waals surface area contributed by atoms with E-state index in [9.17, 15) is 9.50 Å². The van der Waals surface area contributed by atoms with Gasteiger partial charge < -0.3 is 9.67 Å². The molecule has 0 radical (unpaired) electrons. The number of benzene rings is 2. The molecular weight excluding hydrogens is 385 g/mol. The zero-order chi connectivity index (χ0) is 20.0. The van der Waals surface area contributed by atoms with Crippen LogP contribution in [0.3, 0.4) is 0 Å². The summed E-state index contributed by atoms with van der Waals surface area (Å²) in [5.74, 6) is -0.453. The van der Waals surface area contributed by atoms with Crippen LogP contribution < -0.4 is 0 Å². The van der Waals surface area contributed by atoms with Gasteiger partial charge in [-0.1, -0.05) is 30.3 Å². The lowest BCUT2D eigenvalue weighted by atomic mass is 9.86. The van der Waals surface area contributed by atoms with Crippen LogP contribution in [-0.2, 0) is 5.60 Å². The van der Waals surface area contributed by atoms with E-state index in [1.807, 2.05) is 40.3 Å². The Labute approximate surface area is 171 Å². The first-order chi connectivity index (χ1) is 14.1. The lowest BCUT2D eigenvalue weighted by Crippen LogP contribution is -2.24. The number of hydrogen-bond donors (Lipinski definition) is 1. The van der Waals surface area contributed by atoms with Gasteiger partial charge in [-0.3, -0.25) is 0 Å². The predicted molar refractivity (Wildman–Crippen MR) is 109 cm³/mol. The highest BCUT2D eigenvalue weighted by Crippen LogP contribution is 2.47.